The Morgan fingerprint density at radius 2 is 2.05 bits per heavy atom. The summed E-state index contributed by atoms with van der Waals surface area (Å²) in [7, 11) is 0. The number of aromatic nitrogens is 1. The summed E-state index contributed by atoms with van der Waals surface area (Å²) in [5, 5.41) is 1.38. The van der Waals surface area contributed by atoms with Crippen LogP contribution in [0.2, 0.25) is 5.02 Å². The van der Waals surface area contributed by atoms with Crippen LogP contribution in [0, 0.1) is 5.82 Å². The molecule has 2 nitrogen and oxygen atoms in total. The first kappa shape index (κ1) is 12.9. The van der Waals surface area contributed by atoms with Gasteiger partial charge in [-0.3, -0.25) is 4.79 Å². The molecule has 0 amide bonds. The number of rotatable bonds is 3. The molecule has 0 aliphatic heterocycles. The molecule has 0 fully saturated rings. The van der Waals surface area contributed by atoms with Gasteiger partial charge in [0.25, 0.3) is 0 Å². The van der Waals surface area contributed by atoms with Crippen LogP contribution in [0.5, 0.6) is 0 Å². The van der Waals surface area contributed by atoms with Crippen molar-refractivity contribution in [2.24, 2.45) is 0 Å². The number of hydrogen-bond acceptors (Lipinski definition) is 1. The van der Waals surface area contributed by atoms with Crippen LogP contribution in [0.15, 0.2) is 48.7 Å². The molecule has 1 heterocycles. The lowest BCUT2D eigenvalue weighted by molar-refractivity contribution is 0.112. The van der Waals surface area contributed by atoms with Gasteiger partial charge in [-0.25, -0.2) is 4.39 Å². The first-order chi connectivity index (χ1) is 9.69. The van der Waals surface area contributed by atoms with Gasteiger partial charge in [0.15, 0.2) is 6.29 Å². The number of aldehydes is 1. The van der Waals surface area contributed by atoms with Crippen LogP contribution in [0.1, 0.15) is 15.9 Å². The highest BCUT2D eigenvalue weighted by Crippen LogP contribution is 2.23. The quantitative estimate of drug-likeness (QED) is 0.659. The van der Waals surface area contributed by atoms with Crippen molar-refractivity contribution >= 4 is 28.8 Å². The van der Waals surface area contributed by atoms with Crippen molar-refractivity contribution in [3.63, 3.8) is 0 Å². The fourth-order valence-corrected chi connectivity index (χ4v) is 2.58. The van der Waals surface area contributed by atoms with Crippen LogP contribution >= 0.6 is 11.6 Å². The number of fused-ring (bicyclic) bond motifs is 1. The van der Waals surface area contributed by atoms with Gasteiger partial charge in [0.2, 0.25) is 0 Å². The van der Waals surface area contributed by atoms with Gasteiger partial charge in [0, 0.05) is 28.7 Å². The molecule has 0 aliphatic carbocycles. The first-order valence-electron chi connectivity index (χ1n) is 6.16. The zero-order valence-electron chi connectivity index (χ0n) is 10.5. The number of halogens is 2. The van der Waals surface area contributed by atoms with Gasteiger partial charge in [-0.2, -0.15) is 0 Å². The second-order valence-corrected chi connectivity index (χ2v) is 4.99. The third-order valence-electron chi connectivity index (χ3n) is 3.30. The number of hydrogen-bond donors (Lipinski definition) is 0. The van der Waals surface area contributed by atoms with Crippen molar-refractivity contribution in [1.29, 1.82) is 0 Å². The second-order valence-electron chi connectivity index (χ2n) is 4.58. The van der Waals surface area contributed by atoms with E-state index in [9.17, 15) is 9.18 Å². The maximum absolute atomic E-state index is 13.1. The lowest BCUT2D eigenvalue weighted by Gasteiger charge is -2.09. The third kappa shape index (κ3) is 2.21. The molecule has 20 heavy (non-hydrogen) atoms. The highest BCUT2D eigenvalue weighted by Gasteiger charge is 2.08. The monoisotopic (exact) mass is 287 g/mol. The standard InChI is InChI=1S/C16H11ClFNO/c17-15-8-14(18)5-4-12(15)9-19-7-6-11-2-1-3-13(10-20)16(11)19/h1-8,10H,9H2. The molecule has 3 aromatic rings. The minimum absolute atomic E-state index is 0.357. The Morgan fingerprint density at radius 1 is 1.20 bits per heavy atom. The van der Waals surface area contributed by atoms with Gasteiger partial charge >= 0.3 is 0 Å². The highest BCUT2D eigenvalue weighted by atomic mass is 35.5. The minimum Gasteiger partial charge on any atom is -0.342 e. The molecule has 0 N–H and O–H groups in total. The molecule has 3 rings (SSSR count). The molecule has 0 spiro atoms. The van der Waals surface area contributed by atoms with E-state index in [4.69, 9.17) is 11.6 Å². The summed E-state index contributed by atoms with van der Waals surface area (Å²) in [6.07, 6.45) is 2.74. The second kappa shape index (κ2) is 5.10. The Hall–Kier alpha value is -2.13. The molecule has 0 radical (unpaired) electrons. The lowest BCUT2D eigenvalue weighted by Crippen LogP contribution is -2.01. The van der Waals surface area contributed by atoms with Crippen LogP contribution in [0.25, 0.3) is 10.9 Å². The fraction of sp³-hybridized carbons (Fsp3) is 0.0625. The van der Waals surface area contributed by atoms with Crippen LogP contribution in [-0.4, -0.2) is 10.9 Å². The van der Waals surface area contributed by atoms with Crippen LogP contribution < -0.4 is 0 Å². The van der Waals surface area contributed by atoms with Gasteiger partial charge in [-0.1, -0.05) is 29.8 Å². The molecule has 2 aromatic carbocycles. The lowest BCUT2D eigenvalue weighted by atomic mass is 10.1. The Morgan fingerprint density at radius 3 is 2.80 bits per heavy atom. The molecule has 4 heteroatoms. The predicted octanol–water partition coefficient (Wildman–Crippen LogP) is 4.29. The summed E-state index contributed by atoms with van der Waals surface area (Å²) in [6.45, 7) is 0.494. The zero-order valence-corrected chi connectivity index (χ0v) is 11.3. The van der Waals surface area contributed by atoms with Gasteiger partial charge in [-0.15, -0.1) is 0 Å². The summed E-state index contributed by atoms with van der Waals surface area (Å²) in [4.78, 5) is 11.1. The van der Waals surface area contributed by atoms with Crippen LogP contribution in [0.4, 0.5) is 4.39 Å². The van der Waals surface area contributed by atoms with Crippen molar-refractivity contribution in [3.8, 4) is 0 Å². The molecule has 0 unspecified atom stereocenters. The number of para-hydroxylation sites is 1. The number of benzene rings is 2. The van der Waals surface area contributed by atoms with Crippen molar-refractivity contribution in [3.05, 3.63) is 70.6 Å². The smallest absolute Gasteiger partial charge is 0.152 e. The molecule has 1 aromatic heterocycles. The maximum Gasteiger partial charge on any atom is 0.152 e. The van der Waals surface area contributed by atoms with E-state index < -0.39 is 0 Å². The van der Waals surface area contributed by atoms with Gasteiger partial charge in [0.1, 0.15) is 5.82 Å². The van der Waals surface area contributed by atoms with E-state index in [1.807, 2.05) is 29.0 Å². The molecule has 0 atom stereocenters. The average Bonchev–Trinajstić information content (AvgIpc) is 2.85. The van der Waals surface area contributed by atoms with Crippen LogP contribution in [0.3, 0.4) is 0 Å². The highest BCUT2D eigenvalue weighted by molar-refractivity contribution is 6.31. The van der Waals surface area contributed by atoms with Gasteiger partial charge in [0.05, 0.1) is 5.52 Å². The predicted molar refractivity (Wildman–Crippen MR) is 77.8 cm³/mol. The number of nitrogens with zero attached hydrogens (tertiary/aromatic N) is 1. The van der Waals surface area contributed by atoms with E-state index in [1.165, 1.54) is 12.1 Å². The molecular formula is C16H11ClFNO. The summed E-state index contributed by atoms with van der Waals surface area (Å²) in [5.41, 5.74) is 2.31. The minimum atomic E-state index is -0.357. The Labute approximate surface area is 120 Å². The average molecular weight is 288 g/mol. The van der Waals surface area contributed by atoms with Gasteiger partial charge in [-0.05, 0) is 29.8 Å². The van der Waals surface area contributed by atoms with E-state index in [-0.39, 0.29) is 5.82 Å². The summed E-state index contributed by atoms with van der Waals surface area (Å²) in [6, 6.07) is 11.9. The van der Waals surface area contributed by atoms with E-state index in [0.29, 0.717) is 17.1 Å². The van der Waals surface area contributed by atoms with Crippen molar-refractivity contribution in [2.45, 2.75) is 6.54 Å². The first-order valence-corrected chi connectivity index (χ1v) is 6.54. The van der Waals surface area contributed by atoms with Crippen molar-refractivity contribution in [1.82, 2.24) is 4.57 Å². The molecule has 0 saturated carbocycles. The largest absolute Gasteiger partial charge is 0.342 e. The Bertz CT molecular complexity index is 794. The number of carbonyl (C=O) groups excluding carboxylic acids is 1. The van der Waals surface area contributed by atoms with Crippen LogP contribution in [-0.2, 0) is 6.54 Å². The topological polar surface area (TPSA) is 22.0 Å². The van der Waals surface area contributed by atoms with E-state index in [1.54, 1.807) is 12.1 Å². The van der Waals surface area contributed by atoms with Crippen molar-refractivity contribution in [2.75, 3.05) is 0 Å². The third-order valence-corrected chi connectivity index (χ3v) is 3.65. The molecule has 0 bridgehead atoms. The molecule has 0 aliphatic rings. The SMILES string of the molecule is O=Cc1cccc2ccn(Cc3ccc(F)cc3Cl)c12. The molecular weight excluding hydrogens is 277 g/mol. The number of carbonyl (C=O) groups is 1. The molecule has 100 valence electrons. The maximum atomic E-state index is 13.1. The summed E-state index contributed by atoms with van der Waals surface area (Å²) in [5.74, 6) is -0.357. The Kier molecular flexibility index (Phi) is 3.28. The molecule has 0 saturated heterocycles. The fourth-order valence-electron chi connectivity index (χ4n) is 2.35. The summed E-state index contributed by atoms with van der Waals surface area (Å²) < 4.78 is 15.0. The van der Waals surface area contributed by atoms with E-state index in [2.05, 4.69) is 0 Å². The summed E-state index contributed by atoms with van der Waals surface area (Å²) >= 11 is 6.05. The van der Waals surface area contributed by atoms with E-state index in [0.717, 1.165) is 22.8 Å². The zero-order chi connectivity index (χ0) is 14.1. The van der Waals surface area contributed by atoms with E-state index >= 15 is 0 Å². The Balaban J connectivity index is 2.09. The van der Waals surface area contributed by atoms with Crippen molar-refractivity contribution < 1.29 is 9.18 Å². The van der Waals surface area contributed by atoms with Gasteiger partial charge < -0.3 is 4.57 Å². The normalized spacial score (nSPS) is 10.9.